The molecule has 0 bridgehead atoms. The van der Waals surface area contributed by atoms with E-state index in [0.29, 0.717) is 5.16 Å². The molecule has 1 atom stereocenters. The lowest BCUT2D eigenvalue weighted by Gasteiger charge is -2.15. The number of carbonyl (C=O) groups is 1. The number of alkyl halides is 3. The fourth-order valence-corrected chi connectivity index (χ4v) is 3.32. The number of nitrogens with one attached hydrogen (secondary N) is 1. The highest BCUT2D eigenvalue weighted by atomic mass is 35.5. The van der Waals surface area contributed by atoms with Gasteiger partial charge in [0.25, 0.3) is 0 Å². The molecule has 1 heterocycles. The van der Waals surface area contributed by atoms with Gasteiger partial charge in [0, 0.05) is 5.69 Å². The van der Waals surface area contributed by atoms with Gasteiger partial charge in [0.2, 0.25) is 5.91 Å². The van der Waals surface area contributed by atoms with Crippen molar-refractivity contribution in [1.82, 2.24) is 14.8 Å². The summed E-state index contributed by atoms with van der Waals surface area (Å²) < 4.78 is 40.3. The second-order valence-corrected chi connectivity index (χ2v) is 7.48. The lowest BCUT2D eigenvalue weighted by molar-refractivity contribution is -0.137. The summed E-state index contributed by atoms with van der Waals surface area (Å²) in [6, 6.07) is 12.1. The number of para-hydroxylation sites is 1. The number of rotatable bonds is 5. The molecular weight excluding hydrogens is 413 g/mol. The lowest BCUT2D eigenvalue weighted by atomic mass is 10.2. The third-order valence-corrected chi connectivity index (χ3v) is 5.14. The maximum Gasteiger partial charge on any atom is 0.416 e. The van der Waals surface area contributed by atoms with Gasteiger partial charge in [0.15, 0.2) is 5.16 Å². The zero-order valence-corrected chi connectivity index (χ0v) is 16.0. The highest BCUT2D eigenvalue weighted by molar-refractivity contribution is 8.00. The Hall–Kier alpha value is -2.52. The number of anilines is 1. The molecule has 1 aromatic heterocycles. The van der Waals surface area contributed by atoms with Gasteiger partial charge in [-0.1, -0.05) is 41.6 Å². The molecule has 0 aliphatic heterocycles. The van der Waals surface area contributed by atoms with Crippen molar-refractivity contribution in [3.05, 3.63) is 65.4 Å². The molecule has 0 saturated heterocycles. The van der Waals surface area contributed by atoms with Gasteiger partial charge in [-0.15, -0.1) is 10.2 Å². The number of carbonyl (C=O) groups excluding carboxylic acids is 1. The molecule has 5 nitrogen and oxygen atoms in total. The summed E-state index contributed by atoms with van der Waals surface area (Å²) in [6.45, 7) is 1.62. The second kappa shape index (κ2) is 8.24. The molecule has 0 fully saturated rings. The number of amides is 1. The van der Waals surface area contributed by atoms with Crippen LogP contribution >= 0.6 is 23.4 Å². The van der Waals surface area contributed by atoms with Crippen molar-refractivity contribution in [2.45, 2.75) is 23.5 Å². The van der Waals surface area contributed by atoms with Crippen molar-refractivity contribution in [2.24, 2.45) is 0 Å². The van der Waals surface area contributed by atoms with Crippen LogP contribution in [0.5, 0.6) is 0 Å². The topological polar surface area (TPSA) is 59.8 Å². The Morgan fingerprint density at radius 3 is 2.61 bits per heavy atom. The van der Waals surface area contributed by atoms with E-state index in [0.717, 1.165) is 35.6 Å². The summed E-state index contributed by atoms with van der Waals surface area (Å²) in [5.41, 5.74) is -0.168. The number of nitrogens with zero attached hydrogens (tertiary/aromatic N) is 3. The fourth-order valence-electron chi connectivity index (χ4n) is 2.31. The first-order valence-corrected chi connectivity index (χ1v) is 9.31. The number of hydrogen-bond donors (Lipinski definition) is 1. The number of aromatic nitrogens is 3. The minimum Gasteiger partial charge on any atom is -0.324 e. The van der Waals surface area contributed by atoms with Crippen LogP contribution < -0.4 is 5.32 Å². The van der Waals surface area contributed by atoms with Crippen LogP contribution in [0, 0.1) is 0 Å². The van der Waals surface area contributed by atoms with Gasteiger partial charge >= 0.3 is 6.18 Å². The molecule has 28 heavy (non-hydrogen) atoms. The maximum atomic E-state index is 12.9. The van der Waals surface area contributed by atoms with Crippen LogP contribution in [0.15, 0.2) is 60.0 Å². The quantitative estimate of drug-likeness (QED) is 0.579. The van der Waals surface area contributed by atoms with E-state index in [9.17, 15) is 18.0 Å². The molecule has 1 amide bonds. The third kappa shape index (κ3) is 4.66. The predicted octanol–water partition coefficient (Wildman–Crippen LogP) is 5.06. The van der Waals surface area contributed by atoms with E-state index < -0.39 is 22.9 Å². The summed E-state index contributed by atoms with van der Waals surface area (Å²) >= 11 is 7.05. The van der Waals surface area contributed by atoms with Crippen LogP contribution in [-0.2, 0) is 11.0 Å². The van der Waals surface area contributed by atoms with Crippen LogP contribution in [0.4, 0.5) is 18.9 Å². The molecule has 1 N–H and O–H groups in total. The monoisotopic (exact) mass is 426 g/mol. The van der Waals surface area contributed by atoms with Crippen LogP contribution in [0.1, 0.15) is 12.5 Å². The molecule has 0 spiro atoms. The van der Waals surface area contributed by atoms with E-state index in [2.05, 4.69) is 15.5 Å². The van der Waals surface area contributed by atoms with Crippen molar-refractivity contribution in [1.29, 1.82) is 0 Å². The third-order valence-electron chi connectivity index (χ3n) is 3.75. The Morgan fingerprint density at radius 2 is 1.93 bits per heavy atom. The summed E-state index contributed by atoms with van der Waals surface area (Å²) in [7, 11) is 0. The van der Waals surface area contributed by atoms with E-state index in [4.69, 9.17) is 11.6 Å². The second-order valence-electron chi connectivity index (χ2n) is 5.76. The Balaban J connectivity index is 1.74. The van der Waals surface area contributed by atoms with Crippen molar-refractivity contribution >= 4 is 35.0 Å². The molecule has 3 aromatic rings. The number of hydrogen-bond acceptors (Lipinski definition) is 4. The van der Waals surface area contributed by atoms with Gasteiger partial charge in [0.1, 0.15) is 6.33 Å². The van der Waals surface area contributed by atoms with Crippen molar-refractivity contribution in [2.75, 3.05) is 5.32 Å². The molecule has 0 aliphatic carbocycles. The first-order chi connectivity index (χ1) is 13.3. The molecular formula is C18H14ClF3N4OS. The number of benzene rings is 2. The van der Waals surface area contributed by atoms with Gasteiger partial charge in [-0.2, -0.15) is 13.2 Å². The summed E-state index contributed by atoms with van der Waals surface area (Å²) in [4.78, 5) is 12.5. The molecule has 0 aliphatic rings. The van der Waals surface area contributed by atoms with Crippen molar-refractivity contribution in [3.63, 3.8) is 0 Å². The molecule has 3 rings (SSSR count). The van der Waals surface area contributed by atoms with Gasteiger partial charge in [-0.25, -0.2) is 0 Å². The first kappa shape index (κ1) is 20.2. The number of thioether (sulfide) groups is 1. The molecule has 2 aromatic carbocycles. The van der Waals surface area contributed by atoms with E-state index in [1.807, 2.05) is 30.3 Å². The zero-order chi connectivity index (χ0) is 20.3. The van der Waals surface area contributed by atoms with Crippen LogP contribution in [0.3, 0.4) is 0 Å². The van der Waals surface area contributed by atoms with Crippen molar-refractivity contribution < 1.29 is 18.0 Å². The van der Waals surface area contributed by atoms with Crippen LogP contribution in [0.2, 0.25) is 5.02 Å². The summed E-state index contributed by atoms with van der Waals surface area (Å²) in [5, 5.41) is 10.2. The largest absolute Gasteiger partial charge is 0.416 e. The maximum absolute atomic E-state index is 12.9. The minimum atomic E-state index is -4.53. The zero-order valence-electron chi connectivity index (χ0n) is 14.4. The van der Waals surface area contributed by atoms with Gasteiger partial charge in [0.05, 0.1) is 21.5 Å². The standard InChI is InChI=1S/C18H14ClF3N4OS/c1-11(28-17-25-23-10-26(17)13-5-3-2-4-6-13)16(27)24-15-9-12(18(20,21)22)7-8-14(15)19/h2-11H,1H3,(H,24,27)/t11-/m1/s1. The van der Waals surface area contributed by atoms with E-state index in [-0.39, 0.29) is 10.7 Å². The SMILES string of the molecule is C[C@@H](Sc1nncn1-c1ccccc1)C(=O)Nc1cc(C(F)(F)F)ccc1Cl. The molecule has 0 unspecified atom stereocenters. The lowest BCUT2D eigenvalue weighted by Crippen LogP contribution is -2.23. The van der Waals surface area contributed by atoms with Gasteiger partial charge in [-0.05, 0) is 37.3 Å². The molecule has 0 saturated carbocycles. The smallest absolute Gasteiger partial charge is 0.324 e. The van der Waals surface area contributed by atoms with Crippen LogP contribution in [-0.4, -0.2) is 25.9 Å². The number of halogens is 4. The molecule has 10 heteroatoms. The van der Waals surface area contributed by atoms with E-state index in [1.54, 1.807) is 11.5 Å². The van der Waals surface area contributed by atoms with Crippen molar-refractivity contribution in [3.8, 4) is 5.69 Å². The molecule has 146 valence electrons. The highest BCUT2D eigenvalue weighted by Crippen LogP contribution is 2.34. The summed E-state index contributed by atoms with van der Waals surface area (Å²) in [5.74, 6) is -0.506. The summed E-state index contributed by atoms with van der Waals surface area (Å²) in [6.07, 6.45) is -3.01. The average Bonchev–Trinajstić information content (AvgIpc) is 3.11. The highest BCUT2D eigenvalue weighted by Gasteiger charge is 2.31. The average molecular weight is 427 g/mol. The normalized spacial score (nSPS) is 12.6. The van der Waals surface area contributed by atoms with Gasteiger partial charge < -0.3 is 5.32 Å². The van der Waals surface area contributed by atoms with E-state index >= 15 is 0 Å². The Morgan fingerprint density at radius 1 is 1.21 bits per heavy atom. The Labute approximate surface area is 167 Å². The minimum absolute atomic E-state index is 0.0194. The fraction of sp³-hybridized carbons (Fsp3) is 0.167. The Kier molecular flexibility index (Phi) is 5.95. The Bertz CT molecular complexity index is 978. The van der Waals surface area contributed by atoms with E-state index in [1.165, 1.54) is 6.33 Å². The van der Waals surface area contributed by atoms with Crippen LogP contribution in [0.25, 0.3) is 5.69 Å². The molecule has 0 radical (unpaired) electrons. The van der Waals surface area contributed by atoms with Gasteiger partial charge in [-0.3, -0.25) is 9.36 Å². The first-order valence-electron chi connectivity index (χ1n) is 8.05. The predicted molar refractivity (Wildman–Crippen MR) is 102 cm³/mol.